The van der Waals surface area contributed by atoms with Crippen LogP contribution in [0.5, 0.6) is 23.0 Å². The fraction of sp³-hybridized carbons (Fsp3) is 0.471. The smallest absolute Gasteiger partial charge is 0.261 e. The molecule has 0 fully saturated rings. The molecule has 2 aromatic carbocycles. The quantitative estimate of drug-likeness (QED) is 0.207. The van der Waals surface area contributed by atoms with Crippen molar-refractivity contribution in [2.45, 2.75) is 65.2 Å². The maximum atomic E-state index is 14.4. The molecule has 0 bridgehead atoms. The van der Waals surface area contributed by atoms with Crippen LogP contribution in [0.4, 0.5) is 0 Å². The van der Waals surface area contributed by atoms with Crippen molar-refractivity contribution in [1.29, 1.82) is 0 Å². The van der Waals surface area contributed by atoms with Gasteiger partial charge >= 0.3 is 0 Å². The average molecular weight is 577 g/mol. The van der Waals surface area contributed by atoms with Gasteiger partial charge in [0.15, 0.2) is 0 Å². The predicted octanol–water partition coefficient (Wildman–Crippen LogP) is 6.69. The third-order valence-electron chi connectivity index (χ3n) is 7.90. The number of hydrogen-bond donors (Lipinski definition) is 0. The molecule has 226 valence electrons. The summed E-state index contributed by atoms with van der Waals surface area (Å²) in [4.78, 5) is 32.4. The summed E-state index contributed by atoms with van der Waals surface area (Å²) in [6.45, 7) is 5.35. The largest absolute Gasteiger partial charge is 0.497 e. The summed E-state index contributed by atoms with van der Waals surface area (Å²) < 4.78 is 22.3. The predicted molar refractivity (Wildman–Crippen MR) is 165 cm³/mol. The molecule has 0 N–H and O–H groups in total. The average Bonchev–Trinajstić information content (AvgIpc) is 3.47. The topological polar surface area (TPSA) is 77.5 Å². The summed E-state index contributed by atoms with van der Waals surface area (Å²) in [6, 6.07) is 11.0. The Hall–Kier alpha value is -3.94. The van der Waals surface area contributed by atoms with Crippen molar-refractivity contribution in [2.75, 3.05) is 41.5 Å². The molecule has 0 spiro atoms. The number of hydrogen-bond acceptors (Lipinski definition) is 6. The number of nitrogens with zero attached hydrogens (tertiary/aromatic N) is 2. The van der Waals surface area contributed by atoms with Crippen LogP contribution < -0.4 is 18.9 Å². The van der Waals surface area contributed by atoms with Crippen LogP contribution in [0.2, 0.25) is 0 Å². The van der Waals surface area contributed by atoms with Crippen molar-refractivity contribution in [2.24, 2.45) is 0 Å². The minimum absolute atomic E-state index is 0.167. The number of benzene rings is 2. The minimum atomic E-state index is -0.167. The van der Waals surface area contributed by atoms with Gasteiger partial charge in [0, 0.05) is 36.3 Å². The Morgan fingerprint density at radius 3 is 1.12 bits per heavy atom. The Bertz CT molecular complexity index is 1210. The van der Waals surface area contributed by atoms with E-state index in [0.29, 0.717) is 69.8 Å². The second-order valence-corrected chi connectivity index (χ2v) is 10.7. The Labute approximate surface area is 249 Å². The van der Waals surface area contributed by atoms with Gasteiger partial charge in [-0.2, -0.15) is 0 Å². The highest BCUT2D eigenvalue weighted by molar-refractivity contribution is 6.30. The standard InChI is InChI=1S/C34H44N2O6/c1-7-9-11-13-15-35-31(23-17-25(39-3)21-26(18-23)40-4)29-30(33(35)37)32(36(34(29)38)16-14-12-10-8-2)24-19-27(41-5)22-28(20-24)42-6/h17-22H,7-16H2,1-6H3. The van der Waals surface area contributed by atoms with Crippen LogP contribution in [0.25, 0.3) is 11.4 Å². The molecule has 8 nitrogen and oxygen atoms in total. The van der Waals surface area contributed by atoms with Crippen LogP contribution in [-0.2, 0) is 9.59 Å². The molecule has 2 amide bonds. The van der Waals surface area contributed by atoms with Crippen LogP contribution in [0, 0.1) is 0 Å². The Morgan fingerprint density at radius 2 is 0.833 bits per heavy atom. The van der Waals surface area contributed by atoms with Gasteiger partial charge in [0.2, 0.25) is 0 Å². The van der Waals surface area contributed by atoms with E-state index < -0.39 is 0 Å². The van der Waals surface area contributed by atoms with E-state index in [-0.39, 0.29) is 11.8 Å². The molecule has 0 saturated heterocycles. The number of carbonyl (C=O) groups is 2. The molecule has 0 aliphatic carbocycles. The summed E-state index contributed by atoms with van der Waals surface area (Å²) in [5, 5.41) is 0. The molecule has 8 heteroatoms. The molecule has 2 aliphatic rings. The Kier molecular flexibility index (Phi) is 10.6. The zero-order valence-electron chi connectivity index (χ0n) is 25.9. The number of rotatable bonds is 16. The fourth-order valence-electron chi connectivity index (χ4n) is 5.70. The molecule has 2 aromatic rings. The highest BCUT2D eigenvalue weighted by atomic mass is 16.5. The Balaban J connectivity index is 1.95. The lowest BCUT2D eigenvalue weighted by Crippen LogP contribution is -2.31. The maximum absolute atomic E-state index is 14.4. The van der Waals surface area contributed by atoms with Crippen molar-refractivity contribution in [3.63, 3.8) is 0 Å². The van der Waals surface area contributed by atoms with Crippen LogP contribution in [0.1, 0.15) is 76.3 Å². The number of carbonyl (C=O) groups excluding carboxylic acids is 2. The molecule has 2 aliphatic heterocycles. The van der Waals surface area contributed by atoms with Gasteiger partial charge in [0.25, 0.3) is 11.8 Å². The third kappa shape index (κ3) is 6.27. The molecule has 0 unspecified atom stereocenters. The number of amides is 2. The number of ether oxygens (including phenoxy) is 4. The summed E-state index contributed by atoms with van der Waals surface area (Å²) in [6.07, 6.45) is 8.03. The van der Waals surface area contributed by atoms with E-state index in [1.807, 2.05) is 24.3 Å². The van der Waals surface area contributed by atoms with Crippen LogP contribution in [0.15, 0.2) is 47.5 Å². The molecular weight excluding hydrogens is 532 g/mol. The second kappa shape index (κ2) is 14.3. The first-order valence-electron chi connectivity index (χ1n) is 15.0. The summed E-state index contributed by atoms with van der Waals surface area (Å²) in [7, 11) is 6.38. The first-order chi connectivity index (χ1) is 20.4. The normalized spacial score (nSPS) is 14.7. The van der Waals surface area contributed by atoms with Gasteiger partial charge in [-0.3, -0.25) is 9.59 Å². The molecule has 0 aromatic heterocycles. The van der Waals surface area contributed by atoms with E-state index >= 15 is 0 Å². The lowest BCUT2D eigenvalue weighted by Gasteiger charge is -2.26. The van der Waals surface area contributed by atoms with E-state index in [4.69, 9.17) is 18.9 Å². The van der Waals surface area contributed by atoms with Crippen molar-refractivity contribution < 1.29 is 28.5 Å². The lowest BCUT2D eigenvalue weighted by molar-refractivity contribution is -0.124. The van der Waals surface area contributed by atoms with Crippen LogP contribution in [0.3, 0.4) is 0 Å². The SMILES string of the molecule is CCCCCCN1C(=O)C2=C(c3cc(OC)cc(OC)c3)N(CCCCCC)C(=O)C2=C1c1cc(OC)cc(OC)c1. The lowest BCUT2D eigenvalue weighted by atomic mass is 10.0. The Morgan fingerprint density at radius 1 is 0.500 bits per heavy atom. The van der Waals surface area contributed by atoms with Crippen LogP contribution >= 0.6 is 0 Å². The van der Waals surface area contributed by atoms with E-state index in [2.05, 4.69) is 13.8 Å². The van der Waals surface area contributed by atoms with Gasteiger partial charge in [-0.15, -0.1) is 0 Å². The van der Waals surface area contributed by atoms with Crippen molar-refractivity contribution in [3.8, 4) is 23.0 Å². The highest BCUT2D eigenvalue weighted by Gasteiger charge is 2.48. The third-order valence-corrected chi connectivity index (χ3v) is 7.90. The first kappa shape index (κ1) is 31.0. The summed E-state index contributed by atoms with van der Waals surface area (Å²) >= 11 is 0. The molecular formula is C34H44N2O6. The second-order valence-electron chi connectivity index (χ2n) is 10.7. The number of fused-ring (bicyclic) bond motifs is 1. The van der Waals surface area contributed by atoms with E-state index in [9.17, 15) is 9.59 Å². The van der Waals surface area contributed by atoms with Crippen LogP contribution in [-0.4, -0.2) is 63.1 Å². The number of unbranched alkanes of at least 4 members (excludes halogenated alkanes) is 6. The number of methoxy groups -OCH3 is 4. The molecule has 0 atom stereocenters. The van der Waals surface area contributed by atoms with E-state index in [1.165, 1.54) is 0 Å². The van der Waals surface area contributed by atoms with Crippen molar-refractivity contribution in [1.82, 2.24) is 9.80 Å². The van der Waals surface area contributed by atoms with Crippen molar-refractivity contribution >= 4 is 23.2 Å². The summed E-state index contributed by atoms with van der Waals surface area (Å²) in [5.41, 5.74) is 3.50. The van der Waals surface area contributed by atoms with Gasteiger partial charge in [-0.25, -0.2) is 0 Å². The van der Waals surface area contributed by atoms with E-state index in [1.54, 1.807) is 50.4 Å². The minimum Gasteiger partial charge on any atom is -0.497 e. The molecule has 42 heavy (non-hydrogen) atoms. The summed E-state index contributed by atoms with van der Waals surface area (Å²) in [5.74, 6) is 2.03. The molecule has 4 rings (SSSR count). The van der Waals surface area contributed by atoms with Gasteiger partial charge in [-0.05, 0) is 37.1 Å². The first-order valence-corrected chi connectivity index (χ1v) is 15.0. The van der Waals surface area contributed by atoms with E-state index in [0.717, 1.165) is 51.4 Å². The zero-order valence-corrected chi connectivity index (χ0v) is 25.9. The monoisotopic (exact) mass is 576 g/mol. The maximum Gasteiger partial charge on any atom is 0.261 e. The highest BCUT2D eigenvalue weighted by Crippen LogP contribution is 2.48. The van der Waals surface area contributed by atoms with Gasteiger partial charge < -0.3 is 28.7 Å². The molecule has 2 heterocycles. The van der Waals surface area contributed by atoms with Gasteiger partial charge in [-0.1, -0.05) is 52.4 Å². The van der Waals surface area contributed by atoms with Crippen molar-refractivity contribution in [3.05, 3.63) is 58.7 Å². The fourth-order valence-corrected chi connectivity index (χ4v) is 5.70. The molecule has 0 radical (unpaired) electrons. The zero-order chi connectivity index (χ0) is 30.2. The van der Waals surface area contributed by atoms with Gasteiger partial charge in [0.1, 0.15) is 23.0 Å². The molecule has 0 saturated carbocycles. The van der Waals surface area contributed by atoms with Gasteiger partial charge in [0.05, 0.1) is 51.0 Å².